The smallest absolute Gasteiger partial charge is 0.335 e. The first-order valence-electron chi connectivity index (χ1n) is 13.1. The summed E-state index contributed by atoms with van der Waals surface area (Å²) in [6.07, 6.45) is 8.79. The van der Waals surface area contributed by atoms with Crippen LogP contribution >= 0.6 is 0 Å². The molecule has 1 amide bonds. The molecule has 2 aliphatic carbocycles. The molecule has 2 saturated carbocycles. The number of halogens is 1. The molecule has 0 unspecified atom stereocenters. The van der Waals surface area contributed by atoms with Crippen LogP contribution in [0.15, 0.2) is 29.3 Å². The van der Waals surface area contributed by atoms with Gasteiger partial charge in [0, 0.05) is 18.7 Å². The number of nitrogens with zero attached hydrogens (tertiary/aromatic N) is 1. The van der Waals surface area contributed by atoms with E-state index in [-0.39, 0.29) is 11.9 Å². The third-order valence-electron chi connectivity index (χ3n) is 9.11. The molecule has 34 heavy (non-hydrogen) atoms. The second kappa shape index (κ2) is 8.49. The van der Waals surface area contributed by atoms with Gasteiger partial charge in [0.05, 0.1) is 5.57 Å². The van der Waals surface area contributed by atoms with Crippen LogP contribution in [0, 0.1) is 17.8 Å². The first-order valence-corrected chi connectivity index (χ1v) is 13.1. The summed E-state index contributed by atoms with van der Waals surface area (Å²) >= 11 is 0. The standard InChI is InChI=1S/C29H38FNO3/c1-18-5-7-20(8-6-18)21-11-13-29(14-12-21)25(19(2)27(33)34-29)26(32)31-16-22-9-10-24(28(3,4)30)15-23(22)17-31/h9-10,15,18,20-21H,5-8,11-14,16-17H2,1-4H3. The molecule has 0 N–H and O–H groups in total. The summed E-state index contributed by atoms with van der Waals surface area (Å²) in [7, 11) is 0. The van der Waals surface area contributed by atoms with E-state index in [1.165, 1.54) is 25.7 Å². The first kappa shape index (κ1) is 23.6. The molecule has 0 aromatic heterocycles. The molecule has 1 aromatic carbocycles. The Labute approximate surface area is 202 Å². The Morgan fingerprint density at radius 1 is 1.03 bits per heavy atom. The lowest BCUT2D eigenvalue weighted by molar-refractivity contribution is -0.151. The minimum atomic E-state index is -1.42. The van der Waals surface area contributed by atoms with E-state index in [2.05, 4.69) is 6.92 Å². The van der Waals surface area contributed by atoms with Gasteiger partial charge in [0.15, 0.2) is 0 Å². The Balaban J connectivity index is 1.32. The molecule has 0 radical (unpaired) electrons. The molecule has 0 bridgehead atoms. The summed E-state index contributed by atoms with van der Waals surface area (Å²) in [4.78, 5) is 28.3. The number of fused-ring (bicyclic) bond motifs is 1. The van der Waals surface area contributed by atoms with Crippen LogP contribution in [-0.2, 0) is 33.1 Å². The lowest BCUT2D eigenvalue weighted by Gasteiger charge is -2.42. The van der Waals surface area contributed by atoms with Gasteiger partial charge in [-0.1, -0.05) is 38.0 Å². The molecule has 5 heteroatoms. The van der Waals surface area contributed by atoms with Crippen LogP contribution in [-0.4, -0.2) is 22.4 Å². The summed E-state index contributed by atoms with van der Waals surface area (Å²) in [5, 5.41) is 0. The average molecular weight is 468 g/mol. The highest BCUT2D eigenvalue weighted by atomic mass is 19.1. The highest BCUT2D eigenvalue weighted by molar-refractivity contribution is 6.07. The van der Waals surface area contributed by atoms with Crippen molar-refractivity contribution in [1.29, 1.82) is 0 Å². The van der Waals surface area contributed by atoms with Crippen molar-refractivity contribution < 1.29 is 18.7 Å². The van der Waals surface area contributed by atoms with E-state index in [0.717, 1.165) is 48.6 Å². The number of hydrogen-bond donors (Lipinski definition) is 0. The highest BCUT2D eigenvalue weighted by Gasteiger charge is 2.52. The molecule has 5 rings (SSSR count). The Hall–Kier alpha value is -2.17. The van der Waals surface area contributed by atoms with Gasteiger partial charge in [-0.15, -0.1) is 0 Å². The van der Waals surface area contributed by atoms with E-state index in [1.807, 2.05) is 18.2 Å². The van der Waals surface area contributed by atoms with Gasteiger partial charge in [-0.3, -0.25) is 4.79 Å². The van der Waals surface area contributed by atoms with Crippen LogP contribution in [0.2, 0.25) is 0 Å². The number of ether oxygens (including phenoxy) is 1. The molecule has 2 heterocycles. The molecule has 1 spiro atoms. The van der Waals surface area contributed by atoms with E-state index < -0.39 is 11.3 Å². The second-order valence-electron chi connectivity index (χ2n) is 11.9. The third-order valence-corrected chi connectivity index (χ3v) is 9.11. The lowest BCUT2D eigenvalue weighted by atomic mass is 9.66. The van der Waals surface area contributed by atoms with Crippen LogP contribution in [0.1, 0.15) is 95.8 Å². The van der Waals surface area contributed by atoms with Crippen LogP contribution in [0.5, 0.6) is 0 Å². The largest absolute Gasteiger partial charge is 0.451 e. The van der Waals surface area contributed by atoms with Crippen molar-refractivity contribution in [2.45, 2.75) is 103 Å². The lowest BCUT2D eigenvalue weighted by Crippen LogP contribution is -2.43. The molecular formula is C29H38FNO3. The summed E-state index contributed by atoms with van der Waals surface area (Å²) in [6.45, 7) is 8.14. The van der Waals surface area contributed by atoms with Crippen molar-refractivity contribution in [2.75, 3.05) is 0 Å². The van der Waals surface area contributed by atoms with Gasteiger partial charge in [-0.2, -0.15) is 0 Å². The Kier molecular flexibility index (Phi) is 5.89. The number of hydrogen-bond acceptors (Lipinski definition) is 3. The van der Waals surface area contributed by atoms with Gasteiger partial charge < -0.3 is 9.64 Å². The van der Waals surface area contributed by atoms with Gasteiger partial charge in [0.25, 0.3) is 5.91 Å². The van der Waals surface area contributed by atoms with Crippen molar-refractivity contribution in [3.63, 3.8) is 0 Å². The predicted octanol–water partition coefficient (Wildman–Crippen LogP) is 6.36. The molecule has 2 fully saturated rings. The van der Waals surface area contributed by atoms with Gasteiger partial charge in [0.2, 0.25) is 0 Å². The monoisotopic (exact) mass is 467 g/mol. The van der Waals surface area contributed by atoms with Gasteiger partial charge in [-0.05, 0) is 93.7 Å². The summed E-state index contributed by atoms with van der Waals surface area (Å²) in [5.74, 6) is 1.86. The SMILES string of the molecule is CC1=C(C(=O)N2Cc3ccc(C(C)(C)F)cc3C2)C2(CCC(C3CCC(C)CC3)CC2)OC1=O. The Bertz CT molecular complexity index is 1020. The zero-order chi connectivity index (χ0) is 24.3. The first-order chi connectivity index (χ1) is 16.1. The minimum absolute atomic E-state index is 0.0921. The van der Waals surface area contributed by atoms with E-state index in [1.54, 1.807) is 25.7 Å². The van der Waals surface area contributed by atoms with Crippen molar-refractivity contribution in [3.8, 4) is 0 Å². The van der Waals surface area contributed by atoms with Crippen LogP contribution in [0.25, 0.3) is 0 Å². The fourth-order valence-corrected chi connectivity index (χ4v) is 6.86. The van der Waals surface area contributed by atoms with Crippen LogP contribution in [0.4, 0.5) is 4.39 Å². The van der Waals surface area contributed by atoms with Gasteiger partial charge in [-0.25, -0.2) is 9.18 Å². The minimum Gasteiger partial charge on any atom is -0.451 e. The second-order valence-corrected chi connectivity index (χ2v) is 11.9. The van der Waals surface area contributed by atoms with Crippen molar-refractivity contribution in [1.82, 2.24) is 4.90 Å². The van der Waals surface area contributed by atoms with E-state index in [9.17, 15) is 14.0 Å². The fraction of sp³-hybridized carbons (Fsp3) is 0.655. The number of alkyl halides is 1. The third kappa shape index (κ3) is 4.09. The molecule has 4 aliphatic rings. The highest BCUT2D eigenvalue weighted by Crippen LogP contribution is 2.50. The maximum atomic E-state index is 14.5. The molecule has 184 valence electrons. The van der Waals surface area contributed by atoms with Gasteiger partial charge in [0.1, 0.15) is 11.3 Å². The maximum absolute atomic E-state index is 14.5. The maximum Gasteiger partial charge on any atom is 0.335 e. The molecule has 2 aliphatic heterocycles. The van der Waals surface area contributed by atoms with Crippen LogP contribution in [0.3, 0.4) is 0 Å². The zero-order valence-corrected chi connectivity index (χ0v) is 21.1. The molecule has 0 saturated heterocycles. The van der Waals surface area contributed by atoms with Crippen molar-refractivity contribution in [3.05, 3.63) is 46.0 Å². The molecule has 0 atom stereocenters. The van der Waals surface area contributed by atoms with Crippen LogP contribution < -0.4 is 0 Å². The summed E-state index contributed by atoms with van der Waals surface area (Å²) in [6, 6.07) is 5.63. The fourth-order valence-electron chi connectivity index (χ4n) is 6.86. The van der Waals surface area contributed by atoms with E-state index in [4.69, 9.17) is 4.74 Å². The number of amides is 1. The van der Waals surface area contributed by atoms with E-state index >= 15 is 0 Å². The number of carbonyl (C=O) groups excluding carboxylic acids is 2. The predicted molar refractivity (Wildman–Crippen MR) is 129 cm³/mol. The van der Waals surface area contributed by atoms with Gasteiger partial charge >= 0.3 is 5.97 Å². The molecule has 1 aromatic rings. The number of benzene rings is 1. The van der Waals surface area contributed by atoms with Crippen molar-refractivity contribution in [2.24, 2.45) is 17.8 Å². The zero-order valence-electron chi connectivity index (χ0n) is 21.1. The number of rotatable bonds is 3. The Morgan fingerprint density at radius 2 is 1.65 bits per heavy atom. The number of carbonyl (C=O) groups is 2. The average Bonchev–Trinajstić information content (AvgIpc) is 3.32. The molecule has 4 nitrogen and oxygen atoms in total. The summed E-state index contributed by atoms with van der Waals surface area (Å²) in [5.41, 5.74) is 1.53. The quantitative estimate of drug-likeness (QED) is 0.486. The summed E-state index contributed by atoms with van der Waals surface area (Å²) < 4.78 is 20.4. The number of esters is 1. The Morgan fingerprint density at radius 3 is 2.29 bits per heavy atom. The molecular weight excluding hydrogens is 429 g/mol. The van der Waals surface area contributed by atoms with Crippen molar-refractivity contribution >= 4 is 11.9 Å². The normalized spacial score (nSPS) is 31.7. The van der Waals surface area contributed by atoms with E-state index in [0.29, 0.717) is 35.7 Å². The topological polar surface area (TPSA) is 46.6 Å².